The maximum absolute atomic E-state index is 6.15. The number of halogens is 1. The second kappa shape index (κ2) is 9.73. The molecule has 0 radical (unpaired) electrons. The van der Waals surface area contributed by atoms with E-state index in [0.29, 0.717) is 22.2 Å². The largest absolute Gasteiger partial charge is 0.468 e. The first-order valence-electron chi connectivity index (χ1n) is 10.1. The molecule has 1 N–H and O–H groups in total. The molecule has 0 amide bonds. The highest BCUT2D eigenvalue weighted by molar-refractivity contribution is 6.30. The van der Waals surface area contributed by atoms with E-state index in [9.17, 15) is 0 Å². The summed E-state index contributed by atoms with van der Waals surface area (Å²) in [5.74, 6) is 1.67. The molecule has 1 aromatic carbocycles. The van der Waals surface area contributed by atoms with Gasteiger partial charge in [-0.3, -0.25) is 4.90 Å². The summed E-state index contributed by atoms with van der Waals surface area (Å²) >= 11 is 6.15. The minimum absolute atomic E-state index is 0.445. The number of hydrogen-bond donors (Lipinski definition) is 1. The molecule has 0 aliphatic heterocycles. The van der Waals surface area contributed by atoms with Crippen LogP contribution >= 0.6 is 11.6 Å². The van der Waals surface area contributed by atoms with Crippen LogP contribution in [0.2, 0.25) is 5.02 Å². The van der Waals surface area contributed by atoms with Crippen molar-refractivity contribution in [3.05, 3.63) is 59.8 Å². The minimum Gasteiger partial charge on any atom is -0.468 e. The third kappa shape index (κ3) is 4.80. The van der Waals surface area contributed by atoms with Crippen LogP contribution in [0.4, 0.5) is 5.82 Å². The molecule has 0 fully saturated rings. The van der Waals surface area contributed by atoms with Crippen LogP contribution in [0.15, 0.2) is 57.9 Å². The third-order valence-electron chi connectivity index (χ3n) is 4.88. The molecule has 156 valence electrons. The van der Waals surface area contributed by atoms with Crippen molar-refractivity contribution in [1.29, 1.82) is 0 Å². The van der Waals surface area contributed by atoms with Crippen molar-refractivity contribution < 1.29 is 8.94 Å². The van der Waals surface area contributed by atoms with Crippen molar-refractivity contribution in [3.63, 3.8) is 0 Å². The lowest BCUT2D eigenvalue weighted by molar-refractivity contribution is 0.248. The van der Waals surface area contributed by atoms with Gasteiger partial charge in [-0.05, 0) is 37.2 Å². The number of anilines is 1. The zero-order valence-electron chi connectivity index (χ0n) is 16.8. The summed E-state index contributed by atoms with van der Waals surface area (Å²) in [4.78, 5) is 11.0. The number of fused-ring (bicyclic) bond motifs is 1. The van der Waals surface area contributed by atoms with Gasteiger partial charge in [-0.1, -0.05) is 42.2 Å². The van der Waals surface area contributed by atoms with Gasteiger partial charge in [0.25, 0.3) is 5.71 Å². The van der Waals surface area contributed by atoms with Gasteiger partial charge < -0.3 is 14.3 Å². The van der Waals surface area contributed by atoms with E-state index in [2.05, 4.69) is 32.3 Å². The number of hydrogen-bond acceptors (Lipinski definition) is 7. The molecule has 0 unspecified atom stereocenters. The summed E-state index contributed by atoms with van der Waals surface area (Å²) in [5, 5.41) is 9.02. The quantitative estimate of drug-likeness (QED) is 0.372. The second-order valence-electron chi connectivity index (χ2n) is 7.08. The molecular weight excluding hydrogens is 402 g/mol. The summed E-state index contributed by atoms with van der Waals surface area (Å²) in [7, 11) is 0. The lowest BCUT2D eigenvalue weighted by Gasteiger charge is -2.21. The number of unbranched alkanes of at least 4 members (excludes halogenated alkanes) is 1. The first-order valence-corrected chi connectivity index (χ1v) is 10.5. The molecule has 0 atom stereocenters. The molecule has 0 spiro atoms. The molecule has 0 aliphatic carbocycles. The smallest absolute Gasteiger partial charge is 0.263 e. The van der Waals surface area contributed by atoms with Gasteiger partial charge in [-0.25, -0.2) is 4.98 Å². The van der Waals surface area contributed by atoms with Gasteiger partial charge in [-0.2, -0.15) is 4.98 Å². The first kappa shape index (κ1) is 20.4. The Kier molecular flexibility index (Phi) is 6.61. The van der Waals surface area contributed by atoms with E-state index in [0.717, 1.165) is 55.7 Å². The van der Waals surface area contributed by atoms with Crippen LogP contribution in [-0.2, 0) is 6.54 Å². The molecule has 4 rings (SSSR count). The van der Waals surface area contributed by atoms with Gasteiger partial charge in [0, 0.05) is 23.7 Å². The van der Waals surface area contributed by atoms with Gasteiger partial charge in [0.05, 0.1) is 12.8 Å². The van der Waals surface area contributed by atoms with E-state index in [1.807, 2.05) is 36.4 Å². The van der Waals surface area contributed by atoms with Crippen LogP contribution in [0.25, 0.3) is 22.4 Å². The van der Waals surface area contributed by atoms with Crippen molar-refractivity contribution in [3.8, 4) is 11.3 Å². The Labute approximate surface area is 180 Å². The van der Waals surface area contributed by atoms with Gasteiger partial charge in [-0.15, -0.1) is 0 Å². The van der Waals surface area contributed by atoms with E-state index in [4.69, 9.17) is 20.5 Å². The topological polar surface area (TPSA) is 80.2 Å². The van der Waals surface area contributed by atoms with Crippen molar-refractivity contribution >= 4 is 28.5 Å². The highest BCUT2D eigenvalue weighted by atomic mass is 35.5. The normalized spacial score (nSPS) is 11.4. The second-order valence-corrected chi connectivity index (χ2v) is 7.52. The maximum atomic E-state index is 6.15. The predicted molar refractivity (Wildman–Crippen MR) is 117 cm³/mol. The number of nitrogens with zero attached hydrogens (tertiary/aromatic N) is 4. The summed E-state index contributed by atoms with van der Waals surface area (Å²) in [6.07, 6.45) is 5.49. The molecule has 8 heteroatoms. The molecular formula is C22H24ClN5O2. The lowest BCUT2D eigenvalue weighted by atomic mass is 10.1. The van der Waals surface area contributed by atoms with E-state index in [1.54, 1.807) is 6.26 Å². The Bertz CT molecular complexity index is 1080. The Morgan fingerprint density at radius 3 is 2.87 bits per heavy atom. The molecule has 7 nitrogen and oxygen atoms in total. The van der Waals surface area contributed by atoms with E-state index >= 15 is 0 Å². The molecule has 0 aliphatic rings. The highest BCUT2D eigenvalue weighted by Crippen LogP contribution is 2.32. The SMILES string of the molecule is CCCCN(CCNc1ncnc2onc(-c3cccc(Cl)c3)c12)Cc1ccco1. The monoisotopic (exact) mass is 425 g/mol. The van der Waals surface area contributed by atoms with Crippen molar-refractivity contribution in [2.75, 3.05) is 25.0 Å². The predicted octanol–water partition coefficient (Wildman–Crippen LogP) is 5.25. The molecule has 30 heavy (non-hydrogen) atoms. The minimum atomic E-state index is 0.445. The fourth-order valence-corrected chi connectivity index (χ4v) is 3.55. The molecule has 3 aromatic heterocycles. The molecule has 0 saturated heterocycles. The van der Waals surface area contributed by atoms with Crippen LogP contribution in [-0.4, -0.2) is 39.7 Å². The van der Waals surface area contributed by atoms with Crippen LogP contribution in [0.1, 0.15) is 25.5 Å². The first-order chi connectivity index (χ1) is 14.7. The van der Waals surface area contributed by atoms with Gasteiger partial charge in [0.15, 0.2) is 0 Å². The van der Waals surface area contributed by atoms with Gasteiger partial charge in [0.1, 0.15) is 29.0 Å². The number of aromatic nitrogens is 3. The van der Waals surface area contributed by atoms with Crippen LogP contribution < -0.4 is 5.32 Å². The van der Waals surface area contributed by atoms with Crippen LogP contribution in [0.3, 0.4) is 0 Å². The lowest BCUT2D eigenvalue weighted by Crippen LogP contribution is -2.29. The van der Waals surface area contributed by atoms with Crippen LogP contribution in [0.5, 0.6) is 0 Å². The summed E-state index contributed by atoms with van der Waals surface area (Å²) in [6, 6.07) is 11.4. The maximum Gasteiger partial charge on any atom is 0.263 e. The standard InChI is InChI=1S/C22H24ClN5O2/c1-2-3-10-28(14-18-8-5-12-29-18)11-9-24-21-19-20(16-6-4-7-17(23)13-16)27-30-22(19)26-15-25-21/h4-8,12-13,15H,2-3,9-11,14H2,1H3,(H,24,25,26). The summed E-state index contributed by atoms with van der Waals surface area (Å²) in [6.45, 7) is 5.57. The Hall–Kier alpha value is -2.90. The van der Waals surface area contributed by atoms with Crippen LogP contribution in [0, 0.1) is 0 Å². The Balaban J connectivity index is 1.50. The van der Waals surface area contributed by atoms with E-state index in [1.165, 1.54) is 6.33 Å². The highest BCUT2D eigenvalue weighted by Gasteiger charge is 2.17. The summed E-state index contributed by atoms with van der Waals surface area (Å²) in [5.41, 5.74) is 1.98. The van der Waals surface area contributed by atoms with Gasteiger partial charge >= 0.3 is 0 Å². The average molecular weight is 426 g/mol. The fraction of sp³-hybridized carbons (Fsp3) is 0.318. The van der Waals surface area contributed by atoms with E-state index < -0.39 is 0 Å². The molecule has 0 saturated carbocycles. The molecule has 0 bridgehead atoms. The van der Waals surface area contributed by atoms with Crippen molar-refractivity contribution in [1.82, 2.24) is 20.0 Å². The average Bonchev–Trinajstić information content (AvgIpc) is 3.42. The van der Waals surface area contributed by atoms with Gasteiger partial charge in [0.2, 0.25) is 0 Å². The number of benzene rings is 1. The number of rotatable bonds is 10. The van der Waals surface area contributed by atoms with Crippen molar-refractivity contribution in [2.45, 2.75) is 26.3 Å². The van der Waals surface area contributed by atoms with Crippen molar-refractivity contribution in [2.24, 2.45) is 0 Å². The fourth-order valence-electron chi connectivity index (χ4n) is 3.36. The Morgan fingerprint density at radius 1 is 1.13 bits per heavy atom. The zero-order chi connectivity index (χ0) is 20.8. The molecule has 4 aromatic rings. The van der Waals surface area contributed by atoms with E-state index in [-0.39, 0.29) is 0 Å². The third-order valence-corrected chi connectivity index (χ3v) is 5.11. The number of nitrogens with one attached hydrogen (secondary N) is 1. The number of furan rings is 1. The Morgan fingerprint density at radius 2 is 2.07 bits per heavy atom. The zero-order valence-corrected chi connectivity index (χ0v) is 17.6. The summed E-state index contributed by atoms with van der Waals surface area (Å²) < 4.78 is 10.9. The molecule has 3 heterocycles.